The highest BCUT2D eigenvalue weighted by atomic mass is 16.5. The maximum Gasteiger partial charge on any atom is 0.0945 e. The van der Waals surface area contributed by atoms with Crippen molar-refractivity contribution in [2.75, 3.05) is 25.1 Å². The maximum absolute atomic E-state index is 9.80. The lowest BCUT2D eigenvalue weighted by molar-refractivity contribution is 0.0318. The molecule has 0 saturated heterocycles. The summed E-state index contributed by atoms with van der Waals surface area (Å²) in [5, 5.41) is 13.1. The molecule has 3 heteroatoms. The van der Waals surface area contributed by atoms with Crippen LogP contribution in [-0.2, 0) is 4.74 Å². The summed E-state index contributed by atoms with van der Waals surface area (Å²) in [6, 6.07) is 6.26. The number of nitrogens with one attached hydrogen (secondary N) is 1. The fourth-order valence-corrected chi connectivity index (χ4v) is 1.65. The molecule has 0 amide bonds. The average Bonchev–Trinajstić information content (AvgIpc) is 2.30. The zero-order valence-corrected chi connectivity index (χ0v) is 11.9. The van der Waals surface area contributed by atoms with Crippen LogP contribution in [0.5, 0.6) is 0 Å². The SMILES string of the molecule is Cc1ccc(C)c(NCC(O)COCC(C)C)c1. The number of ether oxygens (including phenoxy) is 1. The Hall–Kier alpha value is -1.06. The summed E-state index contributed by atoms with van der Waals surface area (Å²) in [6.45, 7) is 9.91. The quantitative estimate of drug-likeness (QED) is 0.783. The average molecular weight is 251 g/mol. The van der Waals surface area contributed by atoms with Gasteiger partial charge in [-0.1, -0.05) is 26.0 Å². The highest BCUT2D eigenvalue weighted by Crippen LogP contribution is 2.16. The minimum atomic E-state index is -0.469. The van der Waals surface area contributed by atoms with Crippen LogP contribution < -0.4 is 5.32 Å². The van der Waals surface area contributed by atoms with Crippen LogP contribution in [0, 0.1) is 19.8 Å². The van der Waals surface area contributed by atoms with Crippen LogP contribution >= 0.6 is 0 Å². The van der Waals surface area contributed by atoms with Crippen LogP contribution in [-0.4, -0.2) is 31.0 Å². The molecule has 0 radical (unpaired) electrons. The summed E-state index contributed by atoms with van der Waals surface area (Å²) in [4.78, 5) is 0. The van der Waals surface area contributed by atoms with Crippen molar-refractivity contribution in [2.24, 2.45) is 5.92 Å². The van der Waals surface area contributed by atoms with E-state index in [0.717, 1.165) is 5.69 Å². The summed E-state index contributed by atoms with van der Waals surface area (Å²) < 4.78 is 5.41. The fourth-order valence-electron chi connectivity index (χ4n) is 1.65. The molecule has 18 heavy (non-hydrogen) atoms. The Morgan fingerprint density at radius 3 is 2.61 bits per heavy atom. The molecular formula is C15H25NO2. The van der Waals surface area contributed by atoms with E-state index < -0.39 is 6.10 Å². The largest absolute Gasteiger partial charge is 0.389 e. The van der Waals surface area contributed by atoms with Gasteiger partial charge in [-0.15, -0.1) is 0 Å². The second-order valence-electron chi connectivity index (χ2n) is 5.28. The highest BCUT2D eigenvalue weighted by molar-refractivity contribution is 5.52. The molecule has 0 aromatic heterocycles. The lowest BCUT2D eigenvalue weighted by Gasteiger charge is -2.15. The van der Waals surface area contributed by atoms with Crippen molar-refractivity contribution in [3.63, 3.8) is 0 Å². The highest BCUT2D eigenvalue weighted by Gasteiger charge is 2.06. The second kappa shape index (κ2) is 7.39. The molecular weight excluding hydrogens is 226 g/mol. The van der Waals surface area contributed by atoms with E-state index in [-0.39, 0.29) is 0 Å². The van der Waals surface area contributed by atoms with E-state index in [0.29, 0.717) is 25.7 Å². The summed E-state index contributed by atoms with van der Waals surface area (Å²) in [6.07, 6.45) is -0.469. The first-order chi connectivity index (χ1) is 8.49. The molecule has 102 valence electrons. The molecule has 0 aliphatic heterocycles. The molecule has 0 fully saturated rings. The summed E-state index contributed by atoms with van der Waals surface area (Å²) >= 11 is 0. The van der Waals surface area contributed by atoms with Gasteiger partial charge in [-0.05, 0) is 37.0 Å². The minimum absolute atomic E-state index is 0.385. The number of benzene rings is 1. The van der Waals surface area contributed by atoms with Gasteiger partial charge < -0.3 is 15.2 Å². The Balaban J connectivity index is 2.33. The molecule has 0 aliphatic carbocycles. The first-order valence-corrected chi connectivity index (χ1v) is 6.56. The molecule has 2 N–H and O–H groups in total. The molecule has 1 atom stereocenters. The molecule has 1 rings (SSSR count). The van der Waals surface area contributed by atoms with Gasteiger partial charge in [0, 0.05) is 18.8 Å². The Bertz CT molecular complexity index is 364. The van der Waals surface area contributed by atoms with Crippen molar-refractivity contribution in [1.82, 2.24) is 0 Å². The molecule has 3 nitrogen and oxygen atoms in total. The number of aliphatic hydroxyl groups is 1. The van der Waals surface area contributed by atoms with E-state index in [1.54, 1.807) is 0 Å². The Labute approximate surface area is 110 Å². The molecule has 0 spiro atoms. The van der Waals surface area contributed by atoms with Gasteiger partial charge in [0.1, 0.15) is 0 Å². The van der Waals surface area contributed by atoms with E-state index in [1.807, 2.05) is 0 Å². The normalized spacial score (nSPS) is 12.8. The third kappa shape index (κ3) is 5.52. The topological polar surface area (TPSA) is 41.5 Å². The summed E-state index contributed by atoms with van der Waals surface area (Å²) in [5.74, 6) is 0.504. The first kappa shape index (κ1) is 15.0. The van der Waals surface area contributed by atoms with Crippen molar-refractivity contribution in [2.45, 2.75) is 33.8 Å². The monoisotopic (exact) mass is 251 g/mol. The van der Waals surface area contributed by atoms with E-state index in [9.17, 15) is 5.11 Å². The lowest BCUT2D eigenvalue weighted by Crippen LogP contribution is -2.25. The summed E-state index contributed by atoms with van der Waals surface area (Å²) in [5.41, 5.74) is 3.49. The number of hydrogen-bond acceptors (Lipinski definition) is 3. The second-order valence-corrected chi connectivity index (χ2v) is 5.28. The van der Waals surface area contributed by atoms with Gasteiger partial charge in [0.2, 0.25) is 0 Å². The predicted octanol–water partition coefficient (Wildman–Crippen LogP) is 2.75. The Kier molecular flexibility index (Phi) is 6.16. The van der Waals surface area contributed by atoms with Gasteiger partial charge in [-0.25, -0.2) is 0 Å². The van der Waals surface area contributed by atoms with E-state index in [4.69, 9.17) is 4.74 Å². The Morgan fingerprint density at radius 1 is 1.22 bits per heavy atom. The van der Waals surface area contributed by atoms with Gasteiger partial charge in [-0.3, -0.25) is 0 Å². The van der Waals surface area contributed by atoms with Crippen molar-refractivity contribution in [3.8, 4) is 0 Å². The van der Waals surface area contributed by atoms with Crippen LogP contribution in [0.4, 0.5) is 5.69 Å². The van der Waals surface area contributed by atoms with Crippen LogP contribution in [0.25, 0.3) is 0 Å². The number of anilines is 1. The third-order valence-corrected chi connectivity index (χ3v) is 2.68. The first-order valence-electron chi connectivity index (χ1n) is 6.56. The zero-order chi connectivity index (χ0) is 13.5. The summed E-state index contributed by atoms with van der Waals surface area (Å²) in [7, 11) is 0. The van der Waals surface area contributed by atoms with Gasteiger partial charge >= 0.3 is 0 Å². The number of rotatable bonds is 7. The van der Waals surface area contributed by atoms with Gasteiger partial charge in [0.25, 0.3) is 0 Å². The third-order valence-electron chi connectivity index (χ3n) is 2.68. The van der Waals surface area contributed by atoms with E-state index in [2.05, 4.69) is 51.2 Å². The van der Waals surface area contributed by atoms with Gasteiger partial charge in [0.15, 0.2) is 0 Å². The van der Waals surface area contributed by atoms with Crippen LogP contribution in [0.15, 0.2) is 18.2 Å². The van der Waals surface area contributed by atoms with Crippen molar-refractivity contribution in [3.05, 3.63) is 29.3 Å². The predicted molar refractivity (Wildman–Crippen MR) is 76.1 cm³/mol. The van der Waals surface area contributed by atoms with Crippen molar-refractivity contribution in [1.29, 1.82) is 0 Å². The molecule has 0 aliphatic rings. The standard InChI is InChI=1S/C15H25NO2/c1-11(2)9-18-10-14(17)8-16-15-7-12(3)5-6-13(15)4/h5-7,11,14,16-17H,8-10H2,1-4H3. The van der Waals surface area contributed by atoms with Crippen LogP contribution in [0.1, 0.15) is 25.0 Å². The van der Waals surface area contributed by atoms with Gasteiger partial charge in [0.05, 0.1) is 12.7 Å². The Morgan fingerprint density at radius 2 is 1.94 bits per heavy atom. The molecule has 1 unspecified atom stereocenters. The molecule has 1 aromatic carbocycles. The molecule has 0 bridgehead atoms. The van der Waals surface area contributed by atoms with Crippen LogP contribution in [0.3, 0.4) is 0 Å². The van der Waals surface area contributed by atoms with Gasteiger partial charge in [-0.2, -0.15) is 0 Å². The number of aliphatic hydroxyl groups excluding tert-OH is 1. The number of hydrogen-bond donors (Lipinski definition) is 2. The van der Waals surface area contributed by atoms with Crippen LogP contribution in [0.2, 0.25) is 0 Å². The van der Waals surface area contributed by atoms with E-state index >= 15 is 0 Å². The minimum Gasteiger partial charge on any atom is -0.389 e. The van der Waals surface area contributed by atoms with Crippen molar-refractivity contribution < 1.29 is 9.84 Å². The molecule has 1 aromatic rings. The number of aryl methyl sites for hydroxylation is 2. The van der Waals surface area contributed by atoms with Crippen molar-refractivity contribution >= 4 is 5.69 Å². The lowest BCUT2D eigenvalue weighted by atomic mass is 10.1. The fraction of sp³-hybridized carbons (Fsp3) is 0.600. The molecule has 0 saturated carbocycles. The zero-order valence-electron chi connectivity index (χ0n) is 11.9. The van der Waals surface area contributed by atoms with E-state index in [1.165, 1.54) is 11.1 Å². The molecule has 0 heterocycles. The maximum atomic E-state index is 9.80. The smallest absolute Gasteiger partial charge is 0.0945 e.